The van der Waals surface area contributed by atoms with Crippen molar-refractivity contribution in [1.82, 2.24) is 4.98 Å². The van der Waals surface area contributed by atoms with Crippen molar-refractivity contribution in [3.63, 3.8) is 0 Å². The molecule has 0 aliphatic rings. The van der Waals surface area contributed by atoms with E-state index in [1.54, 1.807) is 23.8 Å². The maximum atomic E-state index is 13.6. The lowest BCUT2D eigenvalue weighted by Crippen LogP contribution is -2.14. The first-order valence-electron chi connectivity index (χ1n) is 4.74. The Morgan fingerprint density at radius 2 is 2.31 bits per heavy atom. The molecule has 1 heterocycles. The van der Waals surface area contributed by atoms with Gasteiger partial charge in [-0.1, -0.05) is 17.7 Å². The first-order chi connectivity index (χ1) is 7.66. The van der Waals surface area contributed by atoms with E-state index in [1.165, 1.54) is 17.4 Å². The molecule has 0 aliphatic carbocycles. The number of rotatable bonds is 3. The highest BCUT2D eigenvalue weighted by Gasteiger charge is 2.13. The number of hydrogen-bond acceptors (Lipinski definition) is 3. The summed E-state index contributed by atoms with van der Waals surface area (Å²) in [7, 11) is 0. The fraction of sp³-hybridized carbons (Fsp3) is 0.182. The average molecular weight is 257 g/mol. The third-order valence-corrected chi connectivity index (χ3v) is 3.30. The van der Waals surface area contributed by atoms with Crippen molar-refractivity contribution in [2.45, 2.75) is 12.5 Å². The van der Waals surface area contributed by atoms with E-state index < -0.39 is 0 Å². The second-order valence-corrected chi connectivity index (χ2v) is 4.85. The Labute approximate surface area is 102 Å². The molecule has 2 aromatic rings. The van der Waals surface area contributed by atoms with E-state index in [9.17, 15) is 4.39 Å². The molecule has 0 aliphatic heterocycles. The monoisotopic (exact) mass is 256 g/mol. The van der Waals surface area contributed by atoms with Gasteiger partial charge in [0.1, 0.15) is 5.82 Å². The van der Waals surface area contributed by atoms with Crippen LogP contribution in [0.3, 0.4) is 0 Å². The van der Waals surface area contributed by atoms with Gasteiger partial charge in [-0.2, -0.15) is 0 Å². The van der Waals surface area contributed by atoms with Crippen molar-refractivity contribution in [3.8, 4) is 0 Å². The molecule has 1 atom stereocenters. The molecule has 2 nitrogen and oxygen atoms in total. The van der Waals surface area contributed by atoms with Crippen LogP contribution < -0.4 is 5.73 Å². The van der Waals surface area contributed by atoms with E-state index in [2.05, 4.69) is 4.98 Å². The first kappa shape index (κ1) is 11.5. The van der Waals surface area contributed by atoms with Crippen molar-refractivity contribution in [3.05, 3.63) is 51.2 Å². The van der Waals surface area contributed by atoms with Crippen LogP contribution in [0.4, 0.5) is 4.39 Å². The predicted octanol–water partition coefficient (Wildman–Crippen LogP) is 3.18. The van der Waals surface area contributed by atoms with Gasteiger partial charge >= 0.3 is 0 Å². The summed E-state index contributed by atoms with van der Waals surface area (Å²) in [5.74, 6) is -0.357. The zero-order chi connectivity index (χ0) is 11.5. The molecule has 84 valence electrons. The number of nitrogens with two attached hydrogens (primary N) is 1. The van der Waals surface area contributed by atoms with Crippen LogP contribution in [0.2, 0.25) is 5.02 Å². The predicted molar refractivity (Wildman–Crippen MR) is 64.2 cm³/mol. The van der Waals surface area contributed by atoms with E-state index >= 15 is 0 Å². The van der Waals surface area contributed by atoms with E-state index in [1.807, 2.05) is 0 Å². The first-order valence-corrected chi connectivity index (χ1v) is 6.00. The highest BCUT2D eigenvalue weighted by molar-refractivity contribution is 7.09. The highest BCUT2D eigenvalue weighted by Crippen LogP contribution is 2.23. The summed E-state index contributed by atoms with van der Waals surface area (Å²) in [6.45, 7) is 0. The van der Waals surface area contributed by atoms with Crippen LogP contribution in [-0.4, -0.2) is 4.98 Å². The summed E-state index contributed by atoms with van der Waals surface area (Å²) in [5.41, 5.74) is 8.15. The minimum Gasteiger partial charge on any atom is -0.324 e. The Bertz CT molecular complexity index is 473. The fourth-order valence-corrected chi connectivity index (χ4v) is 2.29. The summed E-state index contributed by atoms with van der Waals surface area (Å²) < 4.78 is 13.6. The molecule has 2 rings (SSSR count). The van der Waals surface area contributed by atoms with Gasteiger partial charge in [-0.05, 0) is 12.1 Å². The van der Waals surface area contributed by atoms with Gasteiger partial charge in [-0.3, -0.25) is 4.98 Å². The third-order valence-electron chi connectivity index (χ3n) is 2.27. The normalized spacial score (nSPS) is 12.7. The van der Waals surface area contributed by atoms with Gasteiger partial charge < -0.3 is 5.73 Å². The molecule has 0 amide bonds. The maximum absolute atomic E-state index is 13.6. The lowest BCUT2D eigenvalue weighted by molar-refractivity contribution is 0.581. The fourth-order valence-electron chi connectivity index (χ4n) is 1.47. The summed E-state index contributed by atoms with van der Waals surface area (Å²) in [5, 5.41) is 0.381. The molecular weight excluding hydrogens is 247 g/mol. The highest BCUT2D eigenvalue weighted by atomic mass is 35.5. The van der Waals surface area contributed by atoms with E-state index in [0.717, 1.165) is 4.88 Å². The summed E-state index contributed by atoms with van der Waals surface area (Å²) >= 11 is 7.19. The maximum Gasteiger partial charge on any atom is 0.129 e. The molecule has 1 unspecified atom stereocenters. The van der Waals surface area contributed by atoms with Crippen molar-refractivity contribution in [1.29, 1.82) is 0 Å². The Kier molecular flexibility index (Phi) is 3.53. The number of thiazole rings is 1. The molecule has 1 aromatic heterocycles. The average Bonchev–Trinajstić information content (AvgIpc) is 2.70. The second kappa shape index (κ2) is 4.91. The van der Waals surface area contributed by atoms with Crippen molar-refractivity contribution in [2.24, 2.45) is 5.73 Å². The van der Waals surface area contributed by atoms with Crippen molar-refractivity contribution in [2.75, 3.05) is 0 Å². The molecule has 0 fully saturated rings. The minimum absolute atomic E-state index is 0.357. The molecule has 0 bridgehead atoms. The molecule has 0 saturated heterocycles. The second-order valence-electron chi connectivity index (χ2n) is 3.44. The molecule has 5 heteroatoms. The van der Waals surface area contributed by atoms with Crippen molar-refractivity contribution < 1.29 is 4.39 Å². The van der Waals surface area contributed by atoms with Gasteiger partial charge in [0.15, 0.2) is 0 Å². The molecule has 0 radical (unpaired) electrons. The van der Waals surface area contributed by atoms with Crippen LogP contribution in [0.1, 0.15) is 16.5 Å². The van der Waals surface area contributed by atoms with Crippen molar-refractivity contribution >= 4 is 22.9 Å². The van der Waals surface area contributed by atoms with Crippen LogP contribution in [0.5, 0.6) is 0 Å². The SMILES string of the molecule is NC(Cc1cncs1)c1ccc(Cl)cc1F. The Hall–Kier alpha value is -0.970. The number of hydrogen-bond donors (Lipinski definition) is 1. The topological polar surface area (TPSA) is 38.9 Å². The molecular formula is C11H10ClFN2S. The zero-order valence-corrected chi connectivity index (χ0v) is 9.93. The van der Waals surface area contributed by atoms with Gasteiger partial charge in [0.25, 0.3) is 0 Å². The summed E-state index contributed by atoms with van der Waals surface area (Å²) in [4.78, 5) is 5.00. The molecule has 16 heavy (non-hydrogen) atoms. The third kappa shape index (κ3) is 2.58. The number of aromatic nitrogens is 1. The van der Waals surface area contributed by atoms with Crippen LogP contribution in [0, 0.1) is 5.82 Å². The van der Waals surface area contributed by atoms with Gasteiger partial charge in [0.2, 0.25) is 0 Å². The Morgan fingerprint density at radius 1 is 1.50 bits per heavy atom. The van der Waals surface area contributed by atoms with Gasteiger partial charge in [-0.15, -0.1) is 11.3 Å². The molecule has 1 aromatic carbocycles. The van der Waals surface area contributed by atoms with Crippen LogP contribution >= 0.6 is 22.9 Å². The summed E-state index contributed by atoms with van der Waals surface area (Å²) in [6, 6.07) is 4.19. The minimum atomic E-state index is -0.363. The van der Waals surface area contributed by atoms with Gasteiger partial charge in [-0.25, -0.2) is 4.39 Å². The quantitative estimate of drug-likeness (QED) is 0.916. The van der Waals surface area contributed by atoms with E-state index in [4.69, 9.17) is 17.3 Å². The Balaban J connectivity index is 2.17. The van der Waals surface area contributed by atoms with Gasteiger partial charge in [0.05, 0.1) is 5.51 Å². The zero-order valence-electron chi connectivity index (χ0n) is 8.36. The molecule has 0 saturated carbocycles. The van der Waals surface area contributed by atoms with Gasteiger partial charge in [0, 0.05) is 34.1 Å². The lowest BCUT2D eigenvalue weighted by atomic mass is 10.0. The molecule has 0 spiro atoms. The van der Waals surface area contributed by atoms with E-state index in [-0.39, 0.29) is 11.9 Å². The smallest absolute Gasteiger partial charge is 0.129 e. The van der Waals surface area contributed by atoms with E-state index in [0.29, 0.717) is 17.0 Å². The number of halogens is 2. The van der Waals surface area contributed by atoms with Crippen LogP contribution in [0.15, 0.2) is 29.9 Å². The number of nitrogens with zero attached hydrogens (tertiary/aromatic N) is 1. The Morgan fingerprint density at radius 3 is 2.94 bits per heavy atom. The van der Waals surface area contributed by atoms with Crippen LogP contribution in [0.25, 0.3) is 0 Å². The lowest BCUT2D eigenvalue weighted by Gasteiger charge is -2.11. The largest absolute Gasteiger partial charge is 0.324 e. The van der Waals surface area contributed by atoms with Crippen LogP contribution in [-0.2, 0) is 6.42 Å². The molecule has 2 N–H and O–H groups in total. The number of benzene rings is 1. The summed E-state index contributed by atoms with van der Waals surface area (Å²) in [6.07, 6.45) is 2.33. The standard InChI is InChI=1S/C11H10ClFN2S/c12-7-1-2-9(10(13)3-7)11(14)4-8-5-15-6-16-8/h1-3,5-6,11H,4,14H2.